The van der Waals surface area contributed by atoms with Crippen LogP contribution in [0.25, 0.3) is 0 Å². The van der Waals surface area contributed by atoms with E-state index in [1.807, 2.05) is 0 Å². The van der Waals surface area contributed by atoms with Gasteiger partial charge in [-0.3, -0.25) is 9.59 Å². The van der Waals surface area contributed by atoms with Crippen LogP contribution in [0.15, 0.2) is 42.5 Å². The van der Waals surface area contributed by atoms with E-state index in [4.69, 9.17) is 0 Å². The molecule has 1 N–H and O–H groups in total. The lowest BCUT2D eigenvalue weighted by Crippen LogP contribution is -2.12. The highest BCUT2D eigenvalue weighted by atomic mass is 19.2. The first kappa shape index (κ1) is 12.9. The molecule has 2 aromatic rings. The predicted molar refractivity (Wildman–Crippen MR) is 66.1 cm³/mol. The standard InChI is InChI=1S/C14H9F2NO2/c15-12-5-4-10(7-13(12)16)14(19)17-11-3-1-2-9(6-11)8-18/h1-8H,(H,17,19). The molecule has 0 aliphatic rings. The Labute approximate surface area is 107 Å². The van der Waals surface area contributed by atoms with E-state index in [0.717, 1.165) is 12.1 Å². The van der Waals surface area contributed by atoms with E-state index in [-0.39, 0.29) is 5.56 Å². The molecule has 5 heteroatoms. The Morgan fingerprint density at radius 1 is 1.05 bits per heavy atom. The van der Waals surface area contributed by atoms with Gasteiger partial charge in [-0.2, -0.15) is 0 Å². The van der Waals surface area contributed by atoms with Crippen molar-refractivity contribution in [3.05, 3.63) is 65.2 Å². The molecule has 19 heavy (non-hydrogen) atoms. The summed E-state index contributed by atoms with van der Waals surface area (Å²) in [4.78, 5) is 22.4. The van der Waals surface area contributed by atoms with Crippen molar-refractivity contribution in [3.8, 4) is 0 Å². The van der Waals surface area contributed by atoms with Crippen LogP contribution in [-0.4, -0.2) is 12.2 Å². The summed E-state index contributed by atoms with van der Waals surface area (Å²) < 4.78 is 25.7. The van der Waals surface area contributed by atoms with Crippen molar-refractivity contribution in [1.29, 1.82) is 0 Å². The minimum absolute atomic E-state index is 0.00425. The van der Waals surface area contributed by atoms with E-state index in [1.54, 1.807) is 18.2 Å². The molecule has 96 valence electrons. The van der Waals surface area contributed by atoms with E-state index in [1.165, 1.54) is 12.1 Å². The maximum absolute atomic E-state index is 13.0. The molecule has 0 unspecified atom stereocenters. The van der Waals surface area contributed by atoms with Crippen LogP contribution in [0.2, 0.25) is 0 Å². The zero-order valence-electron chi connectivity index (χ0n) is 9.69. The van der Waals surface area contributed by atoms with Crippen molar-refractivity contribution in [2.45, 2.75) is 0 Å². The van der Waals surface area contributed by atoms with E-state index >= 15 is 0 Å². The van der Waals surface area contributed by atoms with Crippen LogP contribution in [0, 0.1) is 11.6 Å². The number of anilines is 1. The number of carbonyl (C=O) groups excluding carboxylic acids is 2. The highest BCUT2D eigenvalue weighted by molar-refractivity contribution is 6.04. The topological polar surface area (TPSA) is 46.2 Å². The molecule has 1 amide bonds. The molecule has 0 saturated heterocycles. The summed E-state index contributed by atoms with van der Waals surface area (Å²) in [6, 6.07) is 9.12. The fourth-order valence-corrected chi connectivity index (χ4v) is 1.53. The third-order valence-corrected chi connectivity index (χ3v) is 2.46. The molecule has 0 atom stereocenters. The van der Waals surface area contributed by atoms with Crippen LogP contribution in [-0.2, 0) is 0 Å². The van der Waals surface area contributed by atoms with E-state index in [0.29, 0.717) is 17.5 Å². The summed E-state index contributed by atoms with van der Waals surface area (Å²) >= 11 is 0. The molecule has 0 heterocycles. The van der Waals surface area contributed by atoms with Gasteiger partial charge in [0.05, 0.1) is 0 Å². The number of amides is 1. The number of hydrogen-bond acceptors (Lipinski definition) is 2. The van der Waals surface area contributed by atoms with Crippen LogP contribution >= 0.6 is 0 Å². The van der Waals surface area contributed by atoms with E-state index < -0.39 is 17.5 Å². The lowest BCUT2D eigenvalue weighted by atomic mass is 10.2. The number of rotatable bonds is 3. The van der Waals surface area contributed by atoms with E-state index in [9.17, 15) is 18.4 Å². The number of benzene rings is 2. The molecule has 0 aliphatic heterocycles. The smallest absolute Gasteiger partial charge is 0.255 e. The van der Waals surface area contributed by atoms with Gasteiger partial charge in [0.1, 0.15) is 6.29 Å². The highest BCUT2D eigenvalue weighted by Gasteiger charge is 2.10. The molecule has 0 saturated carbocycles. The monoisotopic (exact) mass is 261 g/mol. The Bertz CT molecular complexity index is 641. The minimum atomic E-state index is -1.09. The first-order chi connectivity index (χ1) is 9.10. The molecular formula is C14H9F2NO2. The van der Waals surface area contributed by atoms with Gasteiger partial charge in [0.2, 0.25) is 0 Å². The summed E-state index contributed by atoms with van der Waals surface area (Å²) in [5, 5.41) is 2.49. The maximum atomic E-state index is 13.0. The first-order valence-corrected chi connectivity index (χ1v) is 5.42. The van der Waals surface area contributed by atoms with Gasteiger partial charge in [-0.05, 0) is 30.3 Å². The Morgan fingerprint density at radius 2 is 1.84 bits per heavy atom. The quantitative estimate of drug-likeness (QED) is 0.863. The molecule has 2 aromatic carbocycles. The molecule has 2 rings (SSSR count). The largest absolute Gasteiger partial charge is 0.322 e. The number of carbonyl (C=O) groups is 2. The molecule has 0 spiro atoms. The van der Waals surface area contributed by atoms with Crippen molar-refractivity contribution in [1.82, 2.24) is 0 Å². The van der Waals surface area contributed by atoms with Crippen LogP contribution in [0.5, 0.6) is 0 Å². The van der Waals surface area contributed by atoms with Gasteiger partial charge >= 0.3 is 0 Å². The van der Waals surface area contributed by atoms with Crippen molar-refractivity contribution in [2.24, 2.45) is 0 Å². The van der Waals surface area contributed by atoms with Crippen LogP contribution in [0.4, 0.5) is 14.5 Å². The number of nitrogens with one attached hydrogen (secondary N) is 1. The minimum Gasteiger partial charge on any atom is -0.322 e. The SMILES string of the molecule is O=Cc1cccc(NC(=O)c2ccc(F)c(F)c2)c1. The molecule has 0 radical (unpaired) electrons. The van der Waals surface area contributed by atoms with Gasteiger partial charge in [0.15, 0.2) is 11.6 Å². The van der Waals surface area contributed by atoms with Crippen molar-refractivity contribution >= 4 is 17.9 Å². The van der Waals surface area contributed by atoms with Crippen molar-refractivity contribution < 1.29 is 18.4 Å². The Hall–Kier alpha value is -2.56. The average Bonchev–Trinajstić information content (AvgIpc) is 2.42. The summed E-state index contributed by atoms with van der Waals surface area (Å²) in [6.07, 6.45) is 0.646. The molecule has 0 aliphatic carbocycles. The highest BCUT2D eigenvalue weighted by Crippen LogP contribution is 2.13. The maximum Gasteiger partial charge on any atom is 0.255 e. The number of hydrogen-bond donors (Lipinski definition) is 1. The average molecular weight is 261 g/mol. The number of halogens is 2. The zero-order chi connectivity index (χ0) is 13.8. The Morgan fingerprint density at radius 3 is 2.53 bits per heavy atom. The van der Waals surface area contributed by atoms with E-state index in [2.05, 4.69) is 5.32 Å². The lowest BCUT2D eigenvalue weighted by Gasteiger charge is -2.06. The van der Waals surface area contributed by atoms with Gasteiger partial charge in [-0.1, -0.05) is 12.1 Å². The normalized spacial score (nSPS) is 10.0. The Balaban J connectivity index is 2.20. The second-order valence-corrected chi connectivity index (χ2v) is 3.83. The van der Waals surface area contributed by atoms with Gasteiger partial charge < -0.3 is 5.32 Å². The third-order valence-electron chi connectivity index (χ3n) is 2.46. The molecular weight excluding hydrogens is 252 g/mol. The van der Waals surface area contributed by atoms with Crippen LogP contribution in [0.1, 0.15) is 20.7 Å². The molecule has 0 aromatic heterocycles. The van der Waals surface area contributed by atoms with Gasteiger partial charge in [0, 0.05) is 16.8 Å². The fraction of sp³-hybridized carbons (Fsp3) is 0. The first-order valence-electron chi connectivity index (χ1n) is 5.42. The van der Waals surface area contributed by atoms with Crippen molar-refractivity contribution in [2.75, 3.05) is 5.32 Å². The molecule has 0 bridgehead atoms. The summed E-state index contributed by atoms with van der Waals surface area (Å²) in [5.74, 6) is -2.68. The third kappa shape index (κ3) is 3.01. The summed E-state index contributed by atoms with van der Waals surface area (Å²) in [5.41, 5.74) is 0.804. The predicted octanol–water partition coefficient (Wildman–Crippen LogP) is 3.03. The van der Waals surface area contributed by atoms with Gasteiger partial charge in [0.25, 0.3) is 5.91 Å². The summed E-state index contributed by atoms with van der Waals surface area (Å²) in [6.45, 7) is 0. The molecule has 0 fully saturated rings. The lowest BCUT2D eigenvalue weighted by molar-refractivity contribution is 0.102. The van der Waals surface area contributed by atoms with Crippen molar-refractivity contribution in [3.63, 3.8) is 0 Å². The second-order valence-electron chi connectivity index (χ2n) is 3.83. The van der Waals surface area contributed by atoms with Crippen LogP contribution < -0.4 is 5.32 Å². The molecule has 3 nitrogen and oxygen atoms in total. The van der Waals surface area contributed by atoms with Gasteiger partial charge in [-0.15, -0.1) is 0 Å². The number of aldehydes is 1. The second kappa shape index (κ2) is 5.39. The summed E-state index contributed by atoms with van der Waals surface area (Å²) in [7, 11) is 0. The van der Waals surface area contributed by atoms with Crippen LogP contribution in [0.3, 0.4) is 0 Å². The van der Waals surface area contributed by atoms with Gasteiger partial charge in [-0.25, -0.2) is 8.78 Å². The fourth-order valence-electron chi connectivity index (χ4n) is 1.53. The zero-order valence-corrected chi connectivity index (χ0v) is 9.69. The Kier molecular flexibility index (Phi) is 3.66.